The molecule has 0 heterocycles. The second-order valence-electron chi connectivity index (χ2n) is 4.35. The minimum absolute atomic E-state index is 0.491. The summed E-state index contributed by atoms with van der Waals surface area (Å²) in [6, 6.07) is 12.0. The molecule has 0 saturated heterocycles. The summed E-state index contributed by atoms with van der Waals surface area (Å²) in [5.41, 5.74) is 9.99. The van der Waals surface area contributed by atoms with E-state index >= 15 is 0 Å². The topological polar surface area (TPSA) is 35.2 Å². The van der Waals surface area contributed by atoms with Gasteiger partial charge < -0.3 is 10.5 Å². The van der Waals surface area contributed by atoms with Gasteiger partial charge in [-0.3, -0.25) is 0 Å². The molecule has 0 fully saturated rings. The fourth-order valence-electron chi connectivity index (χ4n) is 1.87. The van der Waals surface area contributed by atoms with Crippen molar-refractivity contribution >= 4 is 21.6 Å². The Morgan fingerprint density at radius 3 is 2.39 bits per heavy atom. The van der Waals surface area contributed by atoms with Crippen LogP contribution in [-0.2, 0) is 6.61 Å². The molecule has 2 nitrogen and oxygen atoms in total. The van der Waals surface area contributed by atoms with Gasteiger partial charge in [0.05, 0.1) is 0 Å². The van der Waals surface area contributed by atoms with Gasteiger partial charge in [0.25, 0.3) is 0 Å². The van der Waals surface area contributed by atoms with E-state index in [1.54, 1.807) is 0 Å². The number of para-hydroxylation sites is 1. The Hall–Kier alpha value is -1.48. The van der Waals surface area contributed by atoms with Crippen molar-refractivity contribution < 1.29 is 4.74 Å². The van der Waals surface area contributed by atoms with E-state index in [4.69, 9.17) is 10.5 Å². The number of benzene rings is 2. The van der Waals surface area contributed by atoms with E-state index in [9.17, 15) is 0 Å². The summed E-state index contributed by atoms with van der Waals surface area (Å²) in [6.07, 6.45) is 0. The van der Waals surface area contributed by atoms with Crippen LogP contribution in [0.5, 0.6) is 5.75 Å². The molecule has 0 unspecified atom stereocenters. The average Bonchev–Trinajstić information content (AvgIpc) is 2.31. The Balaban J connectivity index is 2.16. The van der Waals surface area contributed by atoms with Crippen LogP contribution in [0.3, 0.4) is 0 Å². The first-order chi connectivity index (χ1) is 8.58. The Labute approximate surface area is 116 Å². The molecular weight excluding hydrogens is 290 g/mol. The largest absolute Gasteiger partial charge is 0.488 e. The first kappa shape index (κ1) is 13.0. The lowest BCUT2D eigenvalue weighted by molar-refractivity contribution is 0.302. The molecule has 0 atom stereocenters. The van der Waals surface area contributed by atoms with Gasteiger partial charge in [0.1, 0.15) is 12.4 Å². The summed E-state index contributed by atoms with van der Waals surface area (Å²) < 4.78 is 6.86. The molecule has 0 radical (unpaired) electrons. The van der Waals surface area contributed by atoms with Crippen LogP contribution >= 0.6 is 15.9 Å². The molecule has 0 aliphatic rings. The maximum Gasteiger partial charge on any atom is 0.125 e. The van der Waals surface area contributed by atoms with Crippen molar-refractivity contribution in [1.82, 2.24) is 0 Å². The van der Waals surface area contributed by atoms with Gasteiger partial charge in [-0.15, -0.1) is 0 Å². The van der Waals surface area contributed by atoms with Crippen molar-refractivity contribution in [2.24, 2.45) is 0 Å². The van der Waals surface area contributed by atoms with Crippen LogP contribution in [0.2, 0.25) is 0 Å². The van der Waals surface area contributed by atoms with E-state index in [0.29, 0.717) is 6.61 Å². The van der Waals surface area contributed by atoms with E-state index < -0.39 is 0 Å². The highest BCUT2D eigenvalue weighted by Crippen LogP contribution is 2.25. The summed E-state index contributed by atoms with van der Waals surface area (Å²) in [5.74, 6) is 0.944. The number of hydrogen-bond donors (Lipinski definition) is 1. The van der Waals surface area contributed by atoms with E-state index in [2.05, 4.69) is 15.9 Å². The molecule has 0 saturated carbocycles. The molecule has 0 spiro atoms. The van der Waals surface area contributed by atoms with Gasteiger partial charge in [0.15, 0.2) is 0 Å². The van der Waals surface area contributed by atoms with Crippen molar-refractivity contribution in [3.8, 4) is 5.75 Å². The van der Waals surface area contributed by atoms with Gasteiger partial charge in [0, 0.05) is 15.7 Å². The number of ether oxygens (including phenoxy) is 1. The average molecular weight is 306 g/mol. The number of anilines is 1. The first-order valence-corrected chi connectivity index (χ1v) is 6.60. The predicted molar refractivity (Wildman–Crippen MR) is 78.8 cm³/mol. The van der Waals surface area contributed by atoms with Crippen LogP contribution < -0.4 is 10.5 Å². The molecule has 0 aromatic heterocycles. The third-order valence-electron chi connectivity index (χ3n) is 2.89. The Bertz CT molecular complexity index is 546. The molecule has 2 aromatic rings. The van der Waals surface area contributed by atoms with Crippen LogP contribution in [0.15, 0.2) is 40.9 Å². The lowest BCUT2D eigenvalue weighted by atomic mass is 10.1. The van der Waals surface area contributed by atoms with E-state index in [1.165, 1.54) is 0 Å². The van der Waals surface area contributed by atoms with Crippen LogP contribution in [0.1, 0.15) is 16.7 Å². The van der Waals surface area contributed by atoms with Gasteiger partial charge in [0.2, 0.25) is 0 Å². The maximum absolute atomic E-state index is 5.95. The zero-order chi connectivity index (χ0) is 13.1. The molecule has 0 aliphatic heterocycles. The molecule has 2 aromatic carbocycles. The van der Waals surface area contributed by atoms with Crippen molar-refractivity contribution in [2.75, 3.05) is 5.73 Å². The monoisotopic (exact) mass is 305 g/mol. The van der Waals surface area contributed by atoms with Gasteiger partial charge in [-0.1, -0.05) is 40.2 Å². The molecule has 0 bridgehead atoms. The zero-order valence-corrected chi connectivity index (χ0v) is 12.1. The highest BCUT2D eigenvalue weighted by atomic mass is 79.9. The molecule has 0 aliphatic carbocycles. The summed E-state index contributed by atoms with van der Waals surface area (Å²) in [7, 11) is 0. The minimum Gasteiger partial charge on any atom is -0.488 e. The first-order valence-electron chi connectivity index (χ1n) is 5.81. The molecule has 2 rings (SSSR count). The number of hydrogen-bond acceptors (Lipinski definition) is 2. The van der Waals surface area contributed by atoms with Gasteiger partial charge >= 0.3 is 0 Å². The lowest BCUT2D eigenvalue weighted by Gasteiger charge is -2.13. The van der Waals surface area contributed by atoms with Crippen molar-refractivity contribution in [3.05, 3.63) is 57.6 Å². The highest BCUT2D eigenvalue weighted by Gasteiger charge is 2.05. The molecular formula is C15H16BrNO. The number of nitrogen functional groups attached to an aromatic ring is 1. The summed E-state index contributed by atoms with van der Waals surface area (Å²) in [5, 5.41) is 0. The predicted octanol–water partition coefficient (Wildman–Crippen LogP) is 4.23. The fourth-order valence-corrected chi connectivity index (χ4v) is 2.25. The van der Waals surface area contributed by atoms with Crippen LogP contribution in [0, 0.1) is 13.8 Å². The molecule has 18 heavy (non-hydrogen) atoms. The number of halogens is 1. The van der Waals surface area contributed by atoms with E-state index in [1.807, 2.05) is 50.2 Å². The quantitative estimate of drug-likeness (QED) is 0.861. The summed E-state index contributed by atoms with van der Waals surface area (Å²) >= 11 is 3.39. The van der Waals surface area contributed by atoms with E-state index in [-0.39, 0.29) is 0 Å². The van der Waals surface area contributed by atoms with Crippen LogP contribution in [-0.4, -0.2) is 0 Å². The Morgan fingerprint density at radius 2 is 1.78 bits per heavy atom. The Morgan fingerprint density at radius 1 is 1.11 bits per heavy atom. The van der Waals surface area contributed by atoms with Gasteiger partial charge in [-0.25, -0.2) is 0 Å². The van der Waals surface area contributed by atoms with Gasteiger partial charge in [-0.05, 0) is 37.1 Å². The molecule has 3 heteroatoms. The number of aryl methyl sites for hydroxylation is 2. The fraction of sp³-hybridized carbons (Fsp3) is 0.200. The minimum atomic E-state index is 0.491. The third-order valence-corrected chi connectivity index (χ3v) is 3.38. The molecule has 94 valence electrons. The third kappa shape index (κ3) is 2.85. The smallest absolute Gasteiger partial charge is 0.125 e. The number of nitrogens with two attached hydrogens (primary N) is 1. The summed E-state index contributed by atoms with van der Waals surface area (Å²) in [4.78, 5) is 0. The Kier molecular flexibility index (Phi) is 3.92. The second kappa shape index (κ2) is 5.44. The normalized spacial score (nSPS) is 10.4. The summed E-state index contributed by atoms with van der Waals surface area (Å²) in [6.45, 7) is 4.59. The van der Waals surface area contributed by atoms with Crippen LogP contribution in [0.4, 0.5) is 5.69 Å². The second-order valence-corrected chi connectivity index (χ2v) is 5.27. The highest BCUT2D eigenvalue weighted by molar-refractivity contribution is 9.10. The van der Waals surface area contributed by atoms with Gasteiger partial charge in [-0.2, -0.15) is 0 Å². The van der Waals surface area contributed by atoms with E-state index in [0.717, 1.165) is 32.6 Å². The standard InChI is InChI=1S/C15H16BrNO/c1-10-4-3-5-11(2)15(10)18-9-12-6-7-13(16)8-14(12)17/h3-8H,9,17H2,1-2H3. The molecule has 0 amide bonds. The molecule has 2 N–H and O–H groups in total. The maximum atomic E-state index is 5.95. The SMILES string of the molecule is Cc1cccc(C)c1OCc1ccc(Br)cc1N. The lowest BCUT2D eigenvalue weighted by Crippen LogP contribution is -2.02. The van der Waals surface area contributed by atoms with Crippen molar-refractivity contribution in [3.63, 3.8) is 0 Å². The van der Waals surface area contributed by atoms with Crippen LogP contribution in [0.25, 0.3) is 0 Å². The number of rotatable bonds is 3. The van der Waals surface area contributed by atoms with Crippen molar-refractivity contribution in [2.45, 2.75) is 20.5 Å². The van der Waals surface area contributed by atoms with Crippen molar-refractivity contribution in [1.29, 1.82) is 0 Å². The zero-order valence-electron chi connectivity index (χ0n) is 10.5.